The number of fused-ring (bicyclic) bond motifs is 4. The van der Waals surface area contributed by atoms with Crippen LogP contribution < -0.4 is 10.7 Å². The summed E-state index contributed by atoms with van der Waals surface area (Å²) in [6.07, 6.45) is 0. The van der Waals surface area contributed by atoms with Crippen LogP contribution in [0.4, 0.5) is 5.95 Å². The number of hydrogen-bond donors (Lipinski definition) is 1. The molecule has 5 aromatic rings. The molecular formula is C28H21ClN6O. The van der Waals surface area contributed by atoms with E-state index in [4.69, 9.17) is 22.4 Å². The van der Waals surface area contributed by atoms with Gasteiger partial charge in [0, 0.05) is 16.1 Å². The SMILES string of the molecule is Cc1nnc2n1-c1ccccc1C(c1ccc(Cl)cc1)=NN2C(C(N)=O)c1cccc2ccccc12. The van der Waals surface area contributed by atoms with E-state index in [1.165, 1.54) is 0 Å². The summed E-state index contributed by atoms with van der Waals surface area (Å²) in [5.74, 6) is 0.514. The molecular weight excluding hydrogens is 472 g/mol. The molecule has 36 heavy (non-hydrogen) atoms. The molecule has 1 amide bonds. The van der Waals surface area contributed by atoms with Crippen LogP contribution in [0.1, 0.15) is 28.6 Å². The number of benzene rings is 4. The van der Waals surface area contributed by atoms with Gasteiger partial charge in [0.2, 0.25) is 5.91 Å². The number of anilines is 1. The maximum Gasteiger partial charge on any atom is 0.253 e. The highest BCUT2D eigenvalue weighted by molar-refractivity contribution is 6.30. The average molecular weight is 493 g/mol. The van der Waals surface area contributed by atoms with Crippen molar-refractivity contribution >= 4 is 39.9 Å². The van der Waals surface area contributed by atoms with E-state index in [-0.39, 0.29) is 0 Å². The molecule has 0 fully saturated rings. The molecule has 4 aromatic carbocycles. The van der Waals surface area contributed by atoms with E-state index >= 15 is 0 Å². The van der Waals surface area contributed by atoms with Gasteiger partial charge in [-0.15, -0.1) is 10.2 Å². The number of aromatic nitrogens is 3. The molecule has 0 bridgehead atoms. The molecule has 0 saturated carbocycles. The van der Waals surface area contributed by atoms with Crippen molar-refractivity contribution in [1.82, 2.24) is 14.8 Å². The Balaban J connectivity index is 1.67. The van der Waals surface area contributed by atoms with Crippen LogP contribution in [0.2, 0.25) is 5.02 Å². The van der Waals surface area contributed by atoms with Gasteiger partial charge < -0.3 is 5.73 Å². The summed E-state index contributed by atoms with van der Waals surface area (Å²) in [7, 11) is 0. The minimum Gasteiger partial charge on any atom is -0.368 e. The van der Waals surface area contributed by atoms with Crippen LogP contribution in [0.15, 0.2) is 96.1 Å². The Hall–Kier alpha value is -4.49. The number of para-hydroxylation sites is 1. The van der Waals surface area contributed by atoms with E-state index in [9.17, 15) is 4.79 Å². The Bertz CT molecular complexity index is 1650. The number of carbonyl (C=O) groups is 1. The molecule has 0 saturated heterocycles. The van der Waals surface area contributed by atoms with Gasteiger partial charge in [-0.2, -0.15) is 5.10 Å². The monoisotopic (exact) mass is 492 g/mol. The summed E-state index contributed by atoms with van der Waals surface area (Å²) < 4.78 is 1.91. The first-order valence-electron chi connectivity index (χ1n) is 11.5. The van der Waals surface area contributed by atoms with Gasteiger partial charge in [-0.05, 0) is 41.5 Å². The quantitative estimate of drug-likeness (QED) is 0.374. The number of halogens is 1. The van der Waals surface area contributed by atoms with E-state index in [0.717, 1.165) is 33.2 Å². The number of hydrazone groups is 1. The Labute approximate surface area is 212 Å². The molecule has 1 aliphatic heterocycles. The molecule has 6 rings (SSSR count). The van der Waals surface area contributed by atoms with Gasteiger partial charge in [0.1, 0.15) is 11.5 Å². The maximum atomic E-state index is 13.2. The topological polar surface area (TPSA) is 89.4 Å². The fourth-order valence-corrected chi connectivity index (χ4v) is 4.87. The molecule has 1 aliphatic rings. The molecule has 2 N–H and O–H groups in total. The second-order valence-corrected chi connectivity index (χ2v) is 9.01. The lowest BCUT2D eigenvalue weighted by atomic mass is 9.98. The number of amides is 1. The van der Waals surface area contributed by atoms with Gasteiger partial charge in [-0.25, -0.2) is 5.01 Å². The number of aryl methyl sites for hydroxylation is 1. The lowest BCUT2D eigenvalue weighted by Gasteiger charge is -2.26. The summed E-state index contributed by atoms with van der Waals surface area (Å²) in [5, 5.41) is 18.0. The Morgan fingerprint density at radius 3 is 2.42 bits per heavy atom. The van der Waals surface area contributed by atoms with Gasteiger partial charge in [0.05, 0.1) is 5.69 Å². The number of nitrogens with two attached hydrogens (primary N) is 1. The van der Waals surface area contributed by atoms with E-state index in [2.05, 4.69) is 10.2 Å². The highest BCUT2D eigenvalue weighted by Crippen LogP contribution is 2.36. The number of carbonyl (C=O) groups excluding carboxylic acids is 1. The first-order valence-corrected chi connectivity index (χ1v) is 11.8. The van der Waals surface area contributed by atoms with Crippen molar-refractivity contribution in [3.8, 4) is 5.69 Å². The van der Waals surface area contributed by atoms with Crippen LogP contribution in [0.5, 0.6) is 0 Å². The van der Waals surface area contributed by atoms with E-state index in [1.54, 1.807) is 5.01 Å². The molecule has 1 unspecified atom stereocenters. The zero-order valence-electron chi connectivity index (χ0n) is 19.3. The molecule has 1 aromatic heterocycles. The zero-order valence-corrected chi connectivity index (χ0v) is 20.1. The van der Waals surface area contributed by atoms with Crippen molar-refractivity contribution in [2.24, 2.45) is 10.8 Å². The summed E-state index contributed by atoms with van der Waals surface area (Å²) in [6, 6.07) is 28.1. The van der Waals surface area contributed by atoms with E-state index < -0.39 is 11.9 Å². The Morgan fingerprint density at radius 1 is 0.889 bits per heavy atom. The molecule has 0 aliphatic carbocycles. The van der Waals surface area contributed by atoms with Crippen molar-refractivity contribution in [2.45, 2.75) is 13.0 Å². The molecule has 7 nitrogen and oxygen atoms in total. The molecule has 2 heterocycles. The minimum absolute atomic E-state index is 0.403. The summed E-state index contributed by atoms with van der Waals surface area (Å²) in [4.78, 5) is 13.2. The fourth-order valence-electron chi connectivity index (χ4n) is 4.75. The third-order valence-corrected chi connectivity index (χ3v) is 6.62. The largest absolute Gasteiger partial charge is 0.368 e. The second kappa shape index (κ2) is 8.62. The van der Waals surface area contributed by atoms with Crippen molar-refractivity contribution in [2.75, 3.05) is 5.01 Å². The number of primary amides is 1. The summed E-state index contributed by atoms with van der Waals surface area (Å²) >= 11 is 6.18. The Morgan fingerprint density at radius 2 is 1.61 bits per heavy atom. The molecule has 176 valence electrons. The van der Waals surface area contributed by atoms with Crippen LogP contribution in [-0.2, 0) is 4.79 Å². The van der Waals surface area contributed by atoms with Gasteiger partial charge in [0.25, 0.3) is 5.95 Å². The van der Waals surface area contributed by atoms with Gasteiger partial charge in [0.15, 0.2) is 6.04 Å². The van der Waals surface area contributed by atoms with Crippen LogP contribution in [0.3, 0.4) is 0 Å². The maximum absolute atomic E-state index is 13.2. The smallest absolute Gasteiger partial charge is 0.253 e. The first kappa shape index (κ1) is 22.0. The first-order chi connectivity index (χ1) is 17.5. The standard InChI is InChI=1S/C28H21ClN6O/c1-17-31-32-28-34(17)24-12-5-4-10-23(24)25(19-13-15-20(29)16-14-19)33-35(28)26(27(30)36)22-11-6-8-18-7-2-3-9-21(18)22/h2-16,26H,1H3,(H2,30,36). The predicted molar refractivity (Wildman–Crippen MR) is 142 cm³/mol. The van der Waals surface area contributed by atoms with Gasteiger partial charge >= 0.3 is 0 Å². The van der Waals surface area contributed by atoms with E-state index in [1.807, 2.05) is 102 Å². The second-order valence-electron chi connectivity index (χ2n) is 8.57. The van der Waals surface area contributed by atoms with Crippen LogP contribution >= 0.6 is 11.6 Å². The average Bonchev–Trinajstić information content (AvgIpc) is 3.21. The number of hydrogen-bond acceptors (Lipinski definition) is 5. The highest BCUT2D eigenvalue weighted by atomic mass is 35.5. The minimum atomic E-state index is -0.935. The zero-order chi connectivity index (χ0) is 24.8. The fraction of sp³-hybridized carbons (Fsp3) is 0.0714. The molecule has 1 atom stereocenters. The summed E-state index contributed by atoms with van der Waals surface area (Å²) in [5.41, 5.74) is 10.1. The molecule has 0 spiro atoms. The van der Waals surface area contributed by atoms with Crippen molar-refractivity contribution in [3.05, 3.63) is 119 Å². The molecule has 0 radical (unpaired) electrons. The Kier molecular flexibility index (Phi) is 5.27. The van der Waals surface area contributed by atoms with Crippen LogP contribution in [0, 0.1) is 6.92 Å². The van der Waals surface area contributed by atoms with Crippen LogP contribution in [0.25, 0.3) is 16.5 Å². The van der Waals surface area contributed by atoms with E-state index in [0.29, 0.717) is 22.5 Å². The predicted octanol–water partition coefficient (Wildman–Crippen LogP) is 5.18. The number of nitrogens with zero attached hydrogens (tertiary/aromatic N) is 5. The van der Waals surface area contributed by atoms with Crippen molar-refractivity contribution < 1.29 is 4.79 Å². The lowest BCUT2D eigenvalue weighted by Crippen LogP contribution is -2.36. The third kappa shape index (κ3) is 3.52. The van der Waals surface area contributed by atoms with Gasteiger partial charge in [-0.3, -0.25) is 9.36 Å². The van der Waals surface area contributed by atoms with Crippen LogP contribution in [-0.4, -0.2) is 26.4 Å². The normalized spacial score (nSPS) is 13.5. The third-order valence-electron chi connectivity index (χ3n) is 6.37. The van der Waals surface area contributed by atoms with Gasteiger partial charge in [-0.1, -0.05) is 84.4 Å². The lowest BCUT2D eigenvalue weighted by molar-refractivity contribution is -0.119. The van der Waals surface area contributed by atoms with Crippen molar-refractivity contribution in [1.29, 1.82) is 0 Å². The number of rotatable bonds is 4. The van der Waals surface area contributed by atoms with Crippen molar-refractivity contribution in [3.63, 3.8) is 0 Å². The summed E-state index contributed by atoms with van der Waals surface area (Å²) in [6.45, 7) is 1.87. The molecule has 8 heteroatoms. The highest BCUT2D eigenvalue weighted by Gasteiger charge is 2.35.